The number of aromatic nitrogens is 3. The lowest BCUT2D eigenvalue weighted by atomic mass is 10.0. The predicted octanol–water partition coefficient (Wildman–Crippen LogP) is 1.14. The number of amides is 1. The quantitative estimate of drug-likeness (QED) is 0.790. The molecule has 2 aromatic rings. The first-order valence-corrected chi connectivity index (χ1v) is 6.89. The Kier molecular flexibility index (Phi) is 2.97. The molecule has 1 unspecified atom stereocenters. The van der Waals surface area contributed by atoms with Gasteiger partial charge in [0.05, 0.1) is 24.3 Å². The van der Waals surface area contributed by atoms with E-state index in [-0.39, 0.29) is 17.5 Å². The van der Waals surface area contributed by atoms with Gasteiger partial charge in [-0.15, -0.1) is 0 Å². The zero-order valence-electron chi connectivity index (χ0n) is 12.6. The van der Waals surface area contributed by atoms with E-state index in [9.17, 15) is 9.59 Å². The van der Waals surface area contributed by atoms with E-state index < -0.39 is 0 Å². The van der Waals surface area contributed by atoms with Crippen LogP contribution in [0.5, 0.6) is 0 Å². The van der Waals surface area contributed by atoms with Gasteiger partial charge in [-0.1, -0.05) is 0 Å². The molecule has 0 spiro atoms. The summed E-state index contributed by atoms with van der Waals surface area (Å²) in [5.74, 6) is -0.0568. The normalized spacial score (nSPS) is 17.1. The van der Waals surface area contributed by atoms with Crippen molar-refractivity contribution in [3.63, 3.8) is 0 Å². The van der Waals surface area contributed by atoms with Crippen LogP contribution in [0.25, 0.3) is 0 Å². The third kappa shape index (κ3) is 1.98. The van der Waals surface area contributed by atoms with Crippen molar-refractivity contribution in [2.24, 2.45) is 14.1 Å². The topological polar surface area (TPSA) is 60.1 Å². The maximum atomic E-state index is 12.6. The average Bonchev–Trinajstić information content (AvgIpc) is 3.00. The Labute approximate surface area is 122 Å². The van der Waals surface area contributed by atoms with E-state index >= 15 is 0 Å². The molecule has 0 saturated carbocycles. The van der Waals surface area contributed by atoms with Crippen molar-refractivity contribution in [1.82, 2.24) is 19.2 Å². The van der Waals surface area contributed by atoms with Gasteiger partial charge in [0, 0.05) is 32.1 Å². The largest absolute Gasteiger partial charge is 0.326 e. The Morgan fingerprint density at radius 1 is 1.38 bits per heavy atom. The summed E-state index contributed by atoms with van der Waals surface area (Å²) in [6.45, 7) is 4.38. The maximum absolute atomic E-state index is 12.6. The molecular formula is C15H18N4O2. The summed E-state index contributed by atoms with van der Waals surface area (Å²) in [5.41, 5.74) is 3.48. The van der Waals surface area contributed by atoms with Crippen LogP contribution < -0.4 is 5.56 Å². The van der Waals surface area contributed by atoms with Crippen LogP contribution in [-0.4, -0.2) is 25.2 Å². The van der Waals surface area contributed by atoms with Gasteiger partial charge in [0.2, 0.25) is 0 Å². The maximum Gasteiger partial charge on any atom is 0.257 e. The SMILES string of the molecule is Cc1cc(=O)n(C)c2c1C(C)N(C(=O)c1cnn(C)c1)C2. The molecule has 6 heteroatoms. The molecule has 1 aliphatic heterocycles. The molecule has 0 fully saturated rings. The molecule has 1 atom stereocenters. The Balaban J connectivity index is 2.03. The molecule has 1 amide bonds. The molecule has 3 rings (SSSR count). The van der Waals surface area contributed by atoms with Crippen molar-refractivity contribution in [3.05, 3.63) is 51.2 Å². The van der Waals surface area contributed by atoms with Gasteiger partial charge in [-0.25, -0.2) is 0 Å². The Bertz CT molecular complexity index is 787. The lowest BCUT2D eigenvalue weighted by Crippen LogP contribution is -2.28. The first-order chi connectivity index (χ1) is 9.90. The van der Waals surface area contributed by atoms with Crippen molar-refractivity contribution < 1.29 is 4.79 Å². The highest BCUT2D eigenvalue weighted by atomic mass is 16.2. The fourth-order valence-electron chi connectivity index (χ4n) is 3.06. The molecule has 21 heavy (non-hydrogen) atoms. The third-order valence-corrected chi connectivity index (χ3v) is 4.23. The van der Waals surface area contributed by atoms with Gasteiger partial charge in [-0.05, 0) is 25.0 Å². The molecule has 1 aliphatic rings. The van der Waals surface area contributed by atoms with Crippen LogP contribution in [0.1, 0.15) is 40.1 Å². The number of rotatable bonds is 1. The second-order valence-corrected chi connectivity index (χ2v) is 5.60. The molecule has 0 bridgehead atoms. The van der Waals surface area contributed by atoms with Gasteiger partial charge in [-0.2, -0.15) is 5.10 Å². The number of pyridine rings is 1. The highest BCUT2D eigenvalue weighted by molar-refractivity contribution is 5.94. The molecule has 110 valence electrons. The van der Waals surface area contributed by atoms with Crippen LogP contribution in [0.2, 0.25) is 0 Å². The predicted molar refractivity (Wildman–Crippen MR) is 77.9 cm³/mol. The summed E-state index contributed by atoms with van der Waals surface area (Å²) in [6, 6.07) is 1.59. The summed E-state index contributed by atoms with van der Waals surface area (Å²) in [7, 11) is 3.54. The number of nitrogens with zero attached hydrogens (tertiary/aromatic N) is 4. The first kappa shape index (κ1) is 13.6. The lowest BCUT2D eigenvalue weighted by Gasteiger charge is -2.21. The summed E-state index contributed by atoms with van der Waals surface area (Å²) in [4.78, 5) is 26.3. The highest BCUT2D eigenvalue weighted by Gasteiger charge is 2.34. The Hall–Kier alpha value is -2.37. The Morgan fingerprint density at radius 3 is 2.71 bits per heavy atom. The fourth-order valence-corrected chi connectivity index (χ4v) is 3.06. The van der Waals surface area contributed by atoms with Crippen molar-refractivity contribution >= 4 is 5.91 Å². The van der Waals surface area contributed by atoms with Gasteiger partial charge in [-0.3, -0.25) is 14.3 Å². The second-order valence-electron chi connectivity index (χ2n) is 5.60. The molecule has 0 N–H and O–H groups in total. The first-order valence-electron chi connectivity index (χ1n) is 6.89. The smallest absolute Gasteiger partial charge is 0.257 e. The number of aryl methyl sites for hydroxylation is 2. The van der Waals surface area contributed by atoms with E-state index in [2.05, 4.69) is 5.10 Å². The number of fused-ring (bicyclic) bond motifs is 1. The molecule has 6 nitrogen and oxygen atoms in total. The summed E-state index contributed by atoms with van der Waals surface area (Å²) < 4.78 is 3.25. The average molecular weight is 286 g/mol. The number of carbonyl (C=O) groups is 1. The minimum absolute atomic E-state index is 0.0332. The molecule has 2 aromatic heterocycles. The monoisotopic (exact) mass is 286 g/mol. The summed E-state index contributed by atoms with van der Waals surface area (Å²) in [5, 5.41) is 4.05. The van der Waals surface area contributed by atoms with Crippen molar-refractivity contribution in [1.29, 1.82) is 0 Å². The molecular weight excluding hydrogens is 268 g/mol. The standard InChI is InChI=1S/C15H18N4O2/c1-9-5-13(20)18(4)12-8-19(10(2)14(9)12)15(21)11-6-16-17(3)7-11/h5-7,10H,8H2,1-4H3. The van der Waals surface area contributed by atoms with E-state index in [1.165, 1.54) is 0 Å². The van der Waals surface area contributed by atoms with Crippen LogP contribution in [0.4, 0.5) is 0 Å². The molecule has 0 aliphatic carbocycles. The van der Waals surface area contributed by atoms with E-state index in [4.69, 9.17) is 0 Å². The molecule has 3 heterocycles. The number of hydrogen-bond donors (Lipinski definition) is 0. The molecule has 0 aromatic carbocycles. The van der Waals surface area contributed by atoms with Gasteiger partial charge in [0.1, 0.15) is 0 Å². The number of carbonyl (C=O) groups excluding carboxylic acids is 1. The zero-order chi connectivity index (χ0) is 15.3. The fraction of sp³-hybridized carbons (Fsp3) is 0.400. The summed E-state index contributed by atoms with van der Waals surface area (Å²) in [6.07, 6.45) is 3.29. The van der Waals surface area contributed by atoms with E-state index in [0.29, 0.717) is 12.1 Å². The Morgan fingerprint density at radius 2 is 2.10 bits per heavy atom. The highest BCUT2D eigenvalue weighted by Crippen LogP contribution is 2.35. The van der Waals surface area contributed by atoms with Crippen LogP contribution in [-0.2, 0) is 20.6 Å². The minimum atomic E-state index is -0.0568. The van der Waals surface area contributed by atoms with Crippen LogP contribution in [0, 0.1) is 6.92 Å². The van der Waals surface area contributed by atoms with E-state index in [1.54, 1.807) is 46.7 Å². The van der Waals surface area contributed by atoms with E-state index in [0.717, 1.165) is 16.8 Å². The minimum Gasteiger partial charge on any atom is -0.326 e. The van der Waals surface area contributed by atoms with E-state index in [1.807, 2.05) is 13.8 Å². The summed E-state index contributed by atoms with van der Waals surface area (Å²) >= 11 is 0. The van der Waals surface area contributed by atoms with Gasteiger partial charge >= 0.3 is 0 Å². The zero-order valence-corrected chi connectivity index (χ0v) is 12.6. The van der Waals surface area contributed by atoms with Crippen molar-refractivity contribution in [2.75, 3.05) is 0 Å². The second kappa shape index (κ2) is 4.58. The third-order valence-electron chi connectivity index (χ3n) is 4.23. The van der Waals surface area contributed by atoms with Crippen LogP contribution in [0.15, 0.2) is 23.3 Å². The van der Waals surface area contributed by atoms with Crippen LogP contribution >= 0.6 is 0 Å². The molecule has 0 saturated heterocycles. The molecule has 0 radical (unpaired) electrons. The lowest BCUT2D eigenvalue weighted by molar-refractivity contribution is 0.0703. The van der Waals surface area contributed by atoms with Crippen LogP contribution in [0.3, 0.4) is 0 Å². The number of hydrogen-bond acceptors (Lipinski definition) is 3. The van der Waals surface area contributed by atoms with Gasteiger partial charge in [0.25, 0.3) is 11.5 Å². The van der Waals surface area contributed by atoms with Crippen molar-refractivity contribution in [2.45, 2.75) is 26.4 Å². The van der Waals surface area contributed by atoms with Crippen molar-refractivity contribution in [3.8, 4) is 0 Å². The van der Waals surface area contributed by atoms with Gasteiger partial charge < -0.3 is 9.47 Å². The van der Waals surface area contributed by atoms with Gasteiger partial charge in [0.15, 0.2) is 0 Å².